The van der Waals surface area contributed by atoms with Crippen LogP contribution in [-0.2, 0) is 0 Å². The van der Waals surface area contributed by atoms with Gasteiger partial charge in [0.1, 0.15) is 11.9 Å². The summed E-state index contributed by atoms with van der Waals surface area (Å²) in [5, 5.41) is 16.6. The number of nitrogens with one attached hydrogen (secondary N) is 1. The van der Waals surface area contributed by atoms with Crippen LogP contribution in [0, 0.1) is 17.1 Å². The average molecular weight is 197 g/mol. The van der Waals surface area contributed by atoms with Gasteiger partial charge in [0, 0.05) is 11.9 Å². The molecular weight excluding hydrogens is 189 g/mol. The van der Waals surface area contributed by atoms with Crippen molar-refractivity contribution in [2.24, 2.45) is 5.14 Å². The van der Waals surface area contributed by atoms with Crippen molar-refractivity contribution >= 4 is 17.6 Å². The summed E-state index contributed by atoms with van der Waals surface area (Å²) in [4.78, 5) is 0.535. The lowest BCUT2D eigenvalue weighted by molar-refractivity contribution is 0.627. The van der Waals surface area contributed by atoms with Gasteiger partial charge < -0.3 is 5.32 Å². The van der Waals surface area contributed by atoms with Gasteiger partial charge in [-0.1, -0.05) is 0 Å². The second-order valence-corrected chi connectivity index (χ2v) is 3.01. The van der Waals surface area contributed by atoms with E-state index < -0.39 is 5.82 Å². The third kappa shape index (κ3) is 1.91. The molecule has 0 aliphatic rings. The molecule has 3 nitrogen and oxygen atoms in total. The lowest BCUT2D eigenvalue weighted by atomic mass is 10.2. The van der Waals surface area contributed by atoms with Crippen LogP contribution < -0.4 is 10.5 Å². The molecule has 0 radical (unpaired) electrons. The van der Waals surface area contributed by atoms with E-state index in [1.807, 2.05) is 6.07 Å². The van der Waals surface area contributed by atoms with Crippen LogP contribution in [0.5, 0.6) is 0 Å². The molecule has 0 saturated heterocycles. The van der Waals surface area contributed by atoms with E-state index in [1.54, 1.807) is 13.1 Å². The molecule has 0 fully saturated rings. The van der Waals surface area contributed by atoms with Crippen LogP contribution in [0.25, 0.3) is 0 Å². The van der Waals surface area contributed by atoms with E-state index in [2.05, 4.69) is 5.32 Å². The highest BCUT2D eigenvalue weighted by Gasteiger charge is 2.08. The maximum atomic E-state index is 13.2. The van der Waals surface area contributed by atoms with Crippen molar-refractivity contribution in [3.8, 4) is 6.07 Å². The monoisotopic (exact) mass is 197 g/mol. The van der Waals surface area contributed by atoms with Crippen molar-refractivity contribution in [1.82, 2.24) is 0 Å². The first-order valence-corrected chi connectivity index (χ1v) is 4.39. The minimum absolute atomic E-state index is 0.209. The van der Waals surface area contributed by atoms with Gasteiger partial charge >= 0.3 is 0 Å². The smallest absolute Gasteiger partial charge is 0.148 e. The molecule has 0 bridgehead atoms. The molecule has 3 N–H and O–H groups in total. The number of benzene rings is 1. The minimum atomic E-state index is -0.463. The van der Waals surface area contributed by atoms with Gasteiger partial charge in [-0.05, 0) is 24.1 Å². The van der Waals surface area contributed by atoms with Crippen LogP contribution in [0.1, 0.15) is 5.56 Å². The second kappa shape index (κ2) is 4.12. The van der Waals surface area contributed by atoms with E-state index in [0.29, 0.717) is 4.90 Å². The molecule has 0 aromatic heterocycles. The van der Waals surface area contributed by atoms with Gasteiger partial charge in [0.2, 0.25) is 0 Å². The van der Waals surface area contributed by atoms with Gasteiger partial charge in [-0.15, -0.1) is 0 Å². The largest absolute Gasteiger partial charge is 0.385 e. The van der Waals surface area contributed by atoms with Crippen molar-refractivity contribution < 1.29 is 4.39 Å². The predicted molar refractivity (Wildman–Crippen MR) is 50.7 cm³/mol. The van der Waals surface area contributed by atoms with Crippen LogP contribution >= 0.6 is 11.9 Å². The molecular formula is C8H8FN3S. The molecule has 5 heteroatoms. The summed E-state index contributed by atoms with van der Waals surface area (Å²) in [6.07, 6.45) is 0. The number of hydrogen-bond donors (Lipinski definition) is 2. The Bertz CT molecular complexity index is 359. The highest BCUT2D eigenvalue weighted by atomic mass is 32.2. The first kappa shape index (κ1) is 9.84. The maximum Gasteiger partial charge on any atom is 0.148 e. The molecule has 0 aliphatic carbocycles. The number of rotatable bonds is 2. The van der Waals surface area contributed by atoms with E-state index in [4.69, 9.17) is 10.4 Å². The zero-order valence-corrected chi connectivity index (χ0v) is 7.78. The van der Waals surface area contributed by atoms with Crippen molar-refractivity contribution in [3.05, 3.63) is 23.5 Å². The fourth-order valence-electron chi connectivity index (χ4n) is 0.992. The van der Waals surface area contributed by atoms with Crippen molar-refractivity contribution in [3.63, 3.8) is 0 Å². The van der Waals surface area contributed by atoms with Crippen molar-refractivity contribution in [1.29, 1.82) is 5.26 Å². The zero-order chi connectivity index (χ0) is 9.84. The maximum absolute atomic E-state index is 13.2. The number of anilines is 1. The summed E-state index contributed by atoms with van der Waals surface area (Å²) in [6.45, 7) is 0. The molecule has 1 aromatic carbocycles. The summed E-state index contributed by atoms with van der Waals surface area (Å²) in [5.41, 5.74) is 0.468. The van der Waals surface area contributed by atoms with E-state index in [-0.39, 0.29) is 11.3 Å². The van der Waals surface area contributed by atoms with Crippen molar-refractivity contribution in [2.45, 2.75) is 4.90 Å². The van der Waals surface area contributed by atoms with Crippen LogP contribution in [0.15, 0.2) is 17.0 Å². The van der Waals surface area contributed by atoms with Gasteiger partial charge in [0.25, 0.3) is 0 Å². The topological polar surface area (TPSA) is 61.8 Å². The molecule has 0 spiro atoms. The highest BCUT2D eigenvalue weighted by Crippen LogP contribution is 2.24. The van der Waals surface area contributed by atoms with Crippen LogP contribution in [-0.4, -0.2) is 7.05 Å². The van der Waals surface area contributed by atoms with Gasteiger partial charge in [-0.2, -0.15) is 5.26 Å². The molecule has 0 atom stereocenters. The number of nitrogens with zero attached hydrogens (tertiary/aromatic N) is 1. The molecule has 68 valence electrons. The minimum Gasteiger partial charge on any atom is -0.385 e. The molecule has 0 aliphatic heterocycles. The highest BCUT2D eigenvalue weighted by molar-refractivity contribution is 7.97. The third-order valence-corrected chi connectivity index (χ3v) is 2.08. The van der Waals surface area contributed by atoms with Gasteiger partial charge in [0.15, 0.2) is 0 Å². The fraction of sp³-hybridized carbons (Fsp3) is 0.125. The summed E-state index contributed by atoms with van der Waals surface area (Å²) < 4.78 is 13.2. The molecule has 0 unspecified atom stereocenters. The van der Waals surface area contributed by atoms with Crippen LogP contribution in [0.2, 0.25) is 0 Å². The Morgan fingerprint density at radius 3 is 2.77 bits per heavy atom. The Morgan fingerprint density at radius 1 is 1.62 bits per heavy atom. The van der Waals surface area contributed by atoms with Crippen LogP contribution in [0.3, 0.4) is 0 Å². The number of nitrogens with two attached hydrogens (primary N) is 1. The van der Waals surface area contributed by atoms with E-state index >= 15 is 0 Å². The first-order chi connectivity index (χ1) is 6.22. The van der Waals surface area contributed by atoms with Gasteiger partial charge in [0.05, 0.1) is 11.3 Å². The Kier molecular flexibility index (Phi) is 3.12. The summed E-state index contributed by atoms with van der Waals surface area (Å²) in [7, 11) is 1.56. The molecule has 13 heavy (non-hydrogen) atoms. The molecule has 1 rings (SSSR count). The van der Waals surface area contributed by atoms with E-state index in [0.717, 1.165) is 11.9 Å². The third-order valence-electron chi connectivity index (χ3n) is 1.57. The summed E-state index contributed by atoms with van der Waals surface area (Å²) in [5.74, 6) is -0.463. The lowest BCUT2D eigenvalue weighted by Crippen LogP contribution is -1.97. The molecule has 0 heterocycles. The molecule has 0 amide bonds. The van der Waals surface area contributed by atoms with Gasteiger partial charge in [-0.3, -0.25) is 5.14 Å². The van der Waals surface area contributed by atoms with Crippen LogP contribution in [0.4, 0.5) is 10.1 Å². The predicted octanol–water partition coefficient (Wildman–Crippen LogP) is 1.70. The number of nitriles is 1. The molecule has 0 saturated carbocycles. The number of halogens is 1. The zero-order valence-electron chi connectivity index (χ0n) is 6.97. The molecule has 1 aromatic rings. The Balaban J connectivity index is 3.31. The standard InChI is InChI=1S/C8H8FN3S/c1-12-8-5(4-10)2-6(13-11)3-7(8)9/h2-3,12H,11H2,1H3. The summed E-state index contributed by atoms with van der Waals surface area (Å²) in [6, 6.07) is 4.72. The first-order valence-electron chi connectivity index (χ1n) is 3.51. The SMILES string of the molecule is CNc1c(F)cc(SN)cc1C#N. The van der Waals surface area contributed by atoms with E-state index in [1.165, 1.54) is 6.07 Å². The number of hydrogen-bond acceptors (Lipinski definition) is 4. The Morgan fingerprint density at radius 2 is 2.31 bits per heavy atom. The Hall–Kier alpha value is -1.25. The van der Waals surface area contributed by atoms with Gasteiger partial charge in [-0.25, -0.2) is 4.39 Å². The van der Waals surface area contributed by atoms with E-state index in [9.17, 15) is 4.39 Å². The second-order valence-electron chi connectivity index (χ2n) is 2.31. The fourth-order valence-corrected chi connectivity index (χ4v) is 1.35. The quantitative estimate of drug-likeness (QED) is 0.708. The average Bonchev–Trinajstić information content (AvgIpc) is 2.16. The normalized spacial score (nSPS) is 9.38. The summed E-state index contributed by atoms with van der Waals surface area (Å²) >= 11 is 0.913. The Labute approximate surface area is 79.9 Å². The lowest BCUT2D eigenvalue weighted by Gasteiger charge is -2.05. The van der Waals surface area contributed by atoms with Crippen molar-refractivity contribution in [2.75, 3.05) is 12.4 Å².